The van der Waals surface area contributed by atoms with Crippen molar-refractivity contribution in [3.05, 3.63) is 0 Å². The average molecular weight is 162 g/mol. The van der Waals surface area contributed by atoms with E-state index in [0.717, 1.165) is 25.8 Å². The third-order valence-corrected chi connectivity index (χ3v) is 1.90. The number of hydrogen-bond donors (Lipinski definition) is 0. The molecular formula is C7H12ClNO. The molecule has 0 heterocycles. The second-order valence-electron chi connectivity index (χ2n) is 2.68. The molecule has 0 aromatic carbocycles. The molecule has 1 rings (SSSR count). The van der Waals surface area contributed by atoms with Gasteiger partial charge in [-0.15, -0.1) is 0 Å². The molecule has 2 nitrogen and oxygen atoms in total. The number of hydrogen-bond acceptors (Lipinski definition) is 1. The highest BCUT2D eigenvalue weighted by atomic mass is 35.5. The van der Waals surface area contributed by atoms with E-state index in [1.165, 1.54) is 0 Å². The molecule has 0 spiro atoms. The molecule has 1 aliphatic carbocycles. The number of nitrogens with zero attached hydrogens (tertiary/aromatic N) is 1. The van der Waals surface area contributed by atoms with Crippen molar-refractivity contribution >= 4 is 17.0 Å². The maximum Gasteiger partial charge on any atom is 0.316 e. The van der Waals surface area contributed by atoms with Gasteiger partial charge in [-0.25, -0.2) is 0 Å². The number of rotatable bonds is 3. The zero-order chi connectivity index (χ0) is 7.56. The number of halogens is 1. The summed E-state index contributed by atoms with van der Waals surface area (Å²) in [5.74, 6) is 0. The molecule has 1 amide bonds. The lowest BCUT2D eigenvalue weighted by Crippen LogP contribution is -2.29. The van der Waals surface area contributed by atoms with Gasteiger partial charge in [-0.2, -0.15) is 0 Å². The van der Waals surface area contributed by atoms with Crippen molar-refractivity contribution in [2.24, 2.45) is 0 Å². The molecule has 1 saturated carbocycles. The minimum Gasteiger partial charge on any atom is -0.326 e. The Morgan fingerprint density at radius 1 is 1.70 bits per heavy atom. The van der Waals surface area contributed by atoms with Crippen molar-refractivity contribution in [3.8, 4) is 0 Å². The summed E-state index contributed by atoms with van der Waals surface area (Å²) in [7, 11) is 0. The lowest BCUT2D eigenvalue weighted by Gasteiger charge is -2.17. The molecule has 0 aliphatic heterocycles. The summed E-state index contributed by atoms with van der Waals surface area (Å²) in [6.07, 6.45) is 3.27. The Hall–Kier alpha value is -0.240. The van der Waals surface area contributed by atoms with Crippen molar-refractivity contribution in [2.75, 3.05) is 6.54 Å². The van der Waals surface area contributed by atoms with E-state index in [1.54, 1.807) is 4.90 Å². The Morgan fingerprint density at radius 2 is 2.30 bits per heavy atom. The van der Waals surface area contributed by atoms with Crippen LogP contribution in [-0.4, -0.2) is 22.9 Å². The van der Waals surface area contributed by atoms with Crippen LogP contribution in [0.3, 0.4) is 0 Å². The first-order valence-electron chi connectivity index (χ1n) is 3.71. The highest BCUT2D eigenvalue weighted by molar-refractivity contribution is 6.62. The van der Waals surface area contributed by atoms with E-state index >= 15 is 0 Å². The third kappa shape index (κ3) is 1.87. The van der Waals surface area contributed by atoms with Crippen LogP contribution in [0.2, 0.25) is 0 Å². The van der Waals surface area contributed by atoms with Crippen molar-refractivity contribution < 1.29 is 4.79 Å². The molecule has 1 fully saturated rings. The smallest absolute Gasteiger partial charge is 0.316 e. The van der Waals surface area contributed by atoms with Crippen LogP contribution in [-0.2, 0) is 0 Å². The number of carbonyl (C=O) groups is 1. The average Bonchev–Trinajstić information content (AvgIpc) is 2.63. The van der Waals surface area contributed by atoms with E-state index in [4.69, 9.17) is 11.6 Å². The molecule has 0 radical (unpaired) electrons. The molecule has 0 N–H and O–H groups in total. The number of carbonyl (C=O) groups excluding carboxylic acids is 1. The van der Waals surface area contributed by atoms with E-state index in [0.29, 0.717) is 6.04 Å². The summed E-state index contributed by atoms with van der Waals surface area (Å²) in [6.45, 7) is 2.86. The molecule has 0 aromatic heterocycles. The van der Waals surface area contributed by atoms with Gasteiger partial charge in [0, 0.05) is 12.6 Å². The Balaban J connectivity index is 2.34. The normalized spacial score (nSPS) is 17.0. The largest absolute Gasteiger partial charge is 0.326 e. The van der Waals surface area contributed by atoms with Gasteiger partial charge in [0.25, 0.3) is 0 Å². The summed E-state index contributed by atoms with van der Waals surface area (Å²) < 4.78 is 0. The monoisotopic (exact) mass is 161 g/mol. The molecule has 58 valence electrons. The van der Waals surface area contributed by atoms with E-state index < -0.39 is 0 Å². The van der Waals surface area contributed by atoms with Crippen LogP contribution in [0.25, 0.3) is 0 Å². The van der Waals surface area contributed by atoms with E-state index in [9.17, 15) is 4.79 Å². The lowest BCUT2D eigenvalue weighted by atomic mass is 10.4. The molecule has 0 atom stereocenters. The van der Waals surface area contributed by atoms with Crippen LogP contribution in [0.15, 0.2) is 0 Å². The van der Waals surface area contributed by atoms with Gasteiger partial charge in [-0.3, -0.25) is 4.79 Å². The quantitative estimate of drug-likeness (QED) is 0.459. The first-order valence-corrected chi connectivity index (χ1v) is 4.09. The van der Waals surface area contributed by atoms with Gasteiger partial charge in [0.2, 0.25) is 0 Å². The van der Waals surface area contributed by atoms with Crippen molar-refractivity contribution in [1.82, 2.24) is 4.90 Å². The van der Waals surface area contributed by atoms with Gasteiger partial charge in [-0.05, 0) is 30.9 Å². The third-order valence-electron chi connectivity index (χ3n) is 1.68. The minimum absolute atomic E-state index is 0.288. The van der Waals surface area contributed by atoms with Gasteiger partial charge in [0.1, 0.15) is 0 Å². The fourth-order valence-electron chi connectivity index (χ4n) is 1.04. The molecule has 0 unspecified atom stereocenters. The molecule has 1 aliphatic rings. The molecule has 0 bridgehead atoms. The summed E-state index contributed by atoms with van der Waals surface area (Å²) >= 11 is 5.34. The van der Waals surface area contributed by atoms with Crippen molar-refractivity contribution in [3.63, 3.8) is 0 Å². The Labute approximate surface area is 66.1 Å². The van der Waals surface area contributed by atoms with Crippen molar-refractivity contribution in [1.29, 1.82) is 0 Å². The van der Waals surface area contributed by atoms with Gasteiger partial charge in [-0.1, -0.05) is 6.92 Å². The molecule has 0 saturated heterocycles. The minimum atomic E-state index is -0.288. The van der Waals surface area contributed by atoms with Crippen LogP contribution >= 0.6 is 11.6 Å². The molecular weight excluding hydrogens is 150 g/mol. The fraction of sp³-hybridized carbons (Fsp3) is 0.857. The molecule has 10 heavy (non-hydrogen) atoms. The summed E-state index contributed by atoms with van der Waals surface area (Å²) in [5, 5.41) is -0.288. The Morgan fingerprint density at radius 3 is 2.60 bits per heavy atom. The topological polar surface area (TPSA) is 20.3 Å². The predicted octanol–water partition coefficient (Wildman–Crippen LogP) is 2.22. The standard InChI is InChI=1S/C7H12ClNO/c1-2-5-9(7(8)10)6-3-4-6/h6H,2-5H2,1H3. The second-order valence-corrected chi connectivity index (χ2v) is 3.00. The van der Waals surface area contributed by atoms with Gasteiger partial charge >= 0.3 is 5.37 Å². The van der Waals surface area contributed by atoms with Crippen LogP contribution in [0.5, 0.6) is 0 Å². The van der Waals surface area contributed by atoms with Gasteiger partial charge in [0.15, 0.2) is 0 Å². The van der Waals surface area contributed by atoms with Crippen LogP contribution in [0, 0.1) is 0 Å². The summed E-state index contributed by atoms with van der Waals surface area (Å²) in [4.78, 5) is 12.5. The predicted molar refractivity (Wildman–Crippen MR) is 41.3 cm³/mol. The first-order chi connectivity index (χ1) is 4.75. The Kier molecular flexibility index (Phi) is 2.55. The number of amides is 1. The maximum absolute atomic E-state index is 10.7. The van der Waals surface area contributed by atoms with Crippen LogP contribution in [0.4, 0.5) is 4.79 Å². The van der Waals surface area contributed by atoms with E-state index in [-0.39, 0.29) is 5.37 Å². The molecule has 3 heteroatoms. The highest BCUT2D eigenvalue weighted by Crippen LogP contribution is 2.27. The summed E-state index contributed by atoms with van der Waals surface area (Å²) in [5.41, 5.74) is 0. The highest BCUT2D eigenvalue weighted by Gasteiger charge is 2.30. The maximum atomic E-state index is 10.7. The SMILES string of the molecule is CCCN(C(=O)Cl)C1CC1. The fourth-order valence-corrected chi connectivity index (χ4v) is 1.26. The van der Waals surface area contributed by atoms with Crippen molar-refractivity contribution in [2.45, 2.75) is 32.2 Å². The Bertz CT molecular complexity index is 134. The van der Waals surface area contributed by atoms with Gasteiger partial charge in [0.05, 0.1) is 0 Å². The van der Waals surface area contributed by atoms with E-state index in [1.807, 2.05) is 0 Å². The van der Waals surface area contributed by atoms with Gasteiger partial charge < -0.3 is 4.90 Å². The van der Waals surface area contributed by atoms with Crippen LogP contribution in [0.1, 0.15) is 26.2 Å². The first kappa shape index (κ1) is 7.86. The lowest BCUT2D eigenvalue weighted by molar-refractivity contribution is 0.219. The zero-order valence-corrected chi connectivity index (χ0v) is 6.90. The zero-order valence-electron chi connectivity index (χ0n) is 6.14. The van der Waals surface area contributed by atoms with Crippen LogP contribution < -0.4 is 0 Å². The second kappa shape index (κ2) is 3.24. The van der Waals surface area contributed by atoms with E-state index in [2.05, 4.69) is 6.92 Å². The molecule has 0 aromatic rings. The summed E-state index contributed by atoms with van der Waals surface area (Å²) in [6, 6.07) is 0.463.